The Morgan fingerprint density at radius 2 is 1.62 bits per heavy atom. The molecule has 0 unspecified atom stereocenters. The second-order valence-corrected chi connectivity index (χ2v) is 7.43. The molecule has 24 heavy (non-hydrogen) atoms. The third kappa shape index (κ3) is 3.20. The minimum Gasteiger partial charge on any atom is -0.263 e. The van der Waals surface area contributed by atoms with Gasteiger partial charge < -0.3 is 0 Å². The van der Waals surface area contributed by atoms with Crippen molar-refractivity contribution in [3.8, 4) is 22.3 Å². The predicted molar refractivity (Wildman–Crippen MR) is 101 cm³/mol. The fourth-order valence-corrected chi connectivity index (χ4v) is 3.01. The Kier molecular flexibility index (Phi) is 4.42. The van der Waals surface area contributed by atoms with Crippen LogP contribution in [0.2, 0.25) is 5.02 Å². The van der Waals surface area contributed by atoms with Crippen LogP contribution >= 0.6 is 11.6 Å². The van der Waals surface area contributed by atoms with E-state index in [1.165, 1.54) is 5.56 Å². The number of rotatable bonds is 2. The Hall–Kier alpha value is -2.19. The molecule has 0 fully saturated rings. The van der Waals surface area contributed by atoms with Crippen molar-refractivity contribution in [3.05, 3.63) is 71.3 Å². The Morgan fingerprint density at radius 3 is 2.33 bits per heavy atom. The molecule has 0 radical (unpaired) electrons. The molecule has 122 valence electrons. The van der Waals surface area contributed by atoms with Gasteiger partial charge >= 0.3 is 0 Å². The molecule has 2 nitrogen and oxygen atoms in total. The molecule has 3 heteroatoms. The summed E-state index contributed by atoms with van der Waals surface area (Å²) in [5, 5.41) is 0.740. The lowest BCUT2D eigenvalue weighted by molar-refractivity contribution is 0.569. The summed E-state index contributed by atoms with van der Waals surface area (Å²) in [7, 11) is 0. The highest BCUT2D eigenvalue weighted by Crippen LogP contribution is 2.35. The molecule has 3 rings (SSSR count). The zero-order valence-electron chi connectivity index (χ0n) is 14.5. The van der Waals surface area contributed by atoms with Gasteiger partial charge in [-0.3, -0.25) is 9.97 Å². The van der Waals surface area contributed by atoms with Gasteiger partial charge in [-0.05, 0) is 36.2 Å². The van der Waals surface area contributed by atoms with Gasteiger partial charge in [-0.2, -0.15) is 0 Å². The number of aromatic nitrogens is 2. The first-order chi connectivity index (χ1) is 11.4. The van der Waals surface area contributed by atoms with Gasteiger partial charge in [-0.25, -0.2) is 0 Å². The average molecular weight is 337 g/mol. The topological polar surface area (TPSA) is 25.8 Å². The first-order valence-electron chi connectivity index (χ1n) is 8.04. The van der Waals surface area contributed by atoms with Gasteiger partial charge in [0.25, 0.3) is 0 Å². The van der Waals surface area contributed by atoms with E-state index in [-0.39, 0.29) is 5.41 Å². The maximum Gasteiger partial charge on any atom is 0.0485 e. The van der Waals surface area contributed by atoms with E-state index in [1.807, 2.05) is 48.9 Å². The van der Waals surface area contributed by atoms with Gasteiger partial charge in [0.1, 0.15) is 0 Å². The van der Waals surface area contributed by atoms with Crippen molar-refractivity contribution in [1.29, 1.82) is 0 Å². The zero-order valence-corrected chi connectivity index (χ0v) is 15.2. The maximum atomic E-state index is 6.38. The number of benzene rings is 1. The minimum atomic E-state index is 0.0116. The van der Waals surface area contributed by atoms with Crippen LogP contribution in [0.15, 0.2) is 55.0 Å². The van der Waals surface area contributed by atoms with Crippen LogP contribution in [-0.2, 0) is 5.41 Å². The Bertz CT molecular complexity index is 879. The molecular weight excluding hydrogens is 316 g/mol. The van der Waals surface area contributed by atoms with E-state index in [9.17, 15) is 0 Å². The largest absolute Gasteiger partial charge is 0.263 e. The van der Waals surface area contributed by atoms with E-state index in [1.54, 1.807) is 0 Å². The molecular formula is C21H21ClN2. The lowest BCUT2D eigenvalue weighted by atomic mass is 9.89. The highest BCUT2D eigenvalue weighted by atomic mass is 35.5. The number of nitrogens with zero attached hydrogens (tertiary/aromatic N) is 2. The molecule has 1 aromatic carbocycles. The SMILES string of the molecule is Cc1c(-c2ccnc(C(C)(C)C)c2)cncc1-c1ccccc1Cl. The van der Waals surface area contributed by atoms with Crippen molar-refractivity contribution in [2.45, 2.75) is 33.1 Å². The molecule has 0 aliphatic rings. The monoisotopic (exact) mass is 336 g/mol. The van der Waals surface area contributed by atoms with Crippen LogP contribution in [-0.4, -0.2) is 9.97 Å². The second kappa shape index (κ2) is 6.37. The van der Waals surface area contributed by atoms with Crippen molar-refractivity contribution >= 4 is 11.6 Å². The van der Waals surface area contributed by atoms with E-state index in [2.05, 4.69) is 43.7 Å². The first kappa shape index (κ1) is 16.7. The van der Waals surface area contributed by atoms with Crippen LogP contribution in [0, 0.1) is 6.92 Å². The summed E-state index contributed by atoms with van der Waals surface area (Å²) in [5.41, 5.74) is 6.57. The lowest BCUT2D eigenvalue weighted by Gasteiger charge is -2.19. The normalized spacial score (nSPS) is 11.5. The van der Waals surface area contributed by atoms with Crippen LogP contribution in [0.25, 0.3) is 22.3 Å². The van der Waals surface area contributed by atoms with Crippen LogP contribution in [0.1, 0.15) is 32.0 Å². The predicted octanol–water partition coefficient (Wildman–Crippen LogP) is 6.07. The van der Waals surface area contributed by atoms with Crippen molar-refractivity contribution in [2.24, 2.45) is 0 Å². The molecule has 0 amide bonds. The van der Waals surface area contributed by atoms with Gasteiger partial charge in [0.05, 0.1) is 0 Å². The molecule has 0 aliphatic heterocycles. The third-order valence-corrected chi connectivity index (χ3v) is 4.55. The van der Waals surface area contributed by atoms with Crippen molar-refractivity contribution in [3.63, 3.8) is 0 Å². The molecule has 0 N–H and O–H groups in total. The highest BCUT2D eigenvalue weighted by Gasteiger charge is 2.17. The van der Waals surface area contributed by atoms with Gasteiger partial charge in [0.2, 0.25) is 0 Å². The second-order valence-electron chi connectivity index (χ2n) is 7.02. The Balaban J connectivity index is 2.15. The molecule has 0 atom stereocenters. The third-order valence-electron chi connectivity index (χ3n) is 4.22. The molecule has 0 aliphatic carbocycles. The molecule has 2 aromatic heterocycles. The van der Waals surface area contributed by atoms with Gasteiger partial charge in [-0.1, -0.05) is 50.6 Å². The summed E-state index contributed by atoms with van der Waals surface area (Å²) in [4.78, 5) is 8.97. The summed E-state index contributed by atoms with van der Waals surface area (Å²) in [5.74, 6) is 0. The number of hydrogen-bond acceptors (Lipinski definition) is 2. The van der Waals surface area contributed by atoms with E-state index in [0.29, 0.717) is 0 Å². The minimum absolute atomic E-state index is 0.0116. The first-order valence-corrected chi connectivity index (χ1v) is 8.42. The number of hydrogen-bond donors (Lipinski definition) is 0. The molecule has 0 bridgehead atoms. The fourth-order valence-electron chi connectivity index (χ4n) is 2.78. The van der Waals surface area contributed by atoms with E-state index in [0.717, 1.165) is 33.0 Å². The fraction of sp³-hybridized carbons (Fsp3) is 0.238. The van der Waals surface area contributed by atoms with Crippen molar-refractivity contribution in [2.75, 3.05) is 0 Å². The summed E-state index contributed by atoms with van der Waals surface area (Å²) < 4.78 is 0. The number of pyridine rings is 2. The van der Waals surface area contributed by atoms with Crippen LogP contribution < -0.4 is 0 Å². The van der Waals surface area contributed by atoms with Crippen LogP contribution in [0.3, 0.4) is 0 Å². The van der Waals surface area contributed by atoms with Gasteiger partial charge in [-0.15, -0.1) is 0 Å². The van der Waals surface area contributed by atoms with Crippen LogP contribution in [0.5, 0.6) is 0 Å². The summed E-state index contributed by atoms with van der Waals surface area (Å²) in [6.07, 6.45) is 5.67. The quantitative estimate of drug-likeness (QED) is 0.567. The van der Waals surface area contributed by atoms with Gasteiger partial charge in [0.15, 0.2) is 0 Å². The Morgan fingerprint density at radius 1 is 0.917 bits per heavy atom. The van der Waals surface area contributed by atoms with E-state index >= 15 is 0 Å². The maximum absolute atomic E-state index is 6.38. The van der Waals surface area contributed by atoms with E-state index < -0.39 is 0 Å². The average Bonchev–Trinajstić information content (AvgIpc) is 2.55. The Labute approximate surface area is 148 Å². The standard InChI is InChI=1S/C21H21ClN2/c1-14-17(15-9-10-24-20(11-15)21(2,3)4)12-23-13-18(14)16-7-5-6-8-19(16)22/h5-13H,1-4H3. The lowest BCUT2D eigenvalue weighted by Crippen LogP contribution is -2.13. The zero-order chi connectivity index (χ0) is 17.3. The number of halogens is 1. The van der Waals surface area contributed by atoms with E-state index in [4.69, 9.17) is 11.6 Å². The summed E-state index contributed by atoms with van der Waals surface area (Å²) in [6, 6.07) is 12.1. The van der Waals surface area contributed by atoms with Crippen LogP contribution in [0.4, 0.5) is 0 Å². The molecule has 0 spiro atoms. The summed E-state index contributed by atoms with van der Waals surface area (Å²) in [6.45, 7) is 8.63. The highest BCUT2D eigenvalue weighted by molar-refractivity contribution is 6.33. The molecule has 3 aromatic rings. The van der Waals surface area contributed by atoms with Crippen molar-refractivity contribution in [1.82, 2.24) is 9.97 Å². The van der Waals surface area contributed by atoms with Gasteiger partial charge in [0, 0.05) is 51.4 Å². The van der Waals surface area contributed by atoms with Crippen molar-refractivity contribution < 1.29 is 0 Å². The molecule has 2 heterocycles. The molecule has 0 saturated carbocycles. The molecule has 0 saturated heterocycles. The summed E-state index contributed by atoms with van der Waals surface area (Å²) >= 11 is 6.38. The smallest absolute Gasteiger partial charge is 0.0485 e.